The van der Waals surface area contributed by atoms with Crippen LogP contribution in [0, 0.1) is 0 Å². The smallest absolute Gasteiger partial charge is 0.378 e. The van der Waals surface area contributed by atoms with Crippen LogP contribution in [0.5, 0.6) is 0 Å². The molecule has 84 valence electrons. The number of hydrogen-bond donors (Lipinski definition) is 0. The van der Waals surface area contributed by atoms with Crippen LogP contribution in [0.25, 0.3) is 0 Å². The third kappa shape index (κ3) is 2.53. The minimum Gasteiger partial charge on any atom is -0.460 e. The molecular formula is C9H15N3O3. The Bertz CT molecular complexity index is 348. The maximum atomic E-state index is 11.3. The predicted molar refractivity (Wildman–Crippen MR) is 52.4 cm³/mol. The van der Waals surface area contributed by atoms with Gasteiger partial charge in [0.25, 0.3) is 5.82 Å². The fourth-order valence-corrected chi connectivity index (χ4v) is 1.14. The molecule has 1 aromatic heterocycles. The highest BCUT2D eigenvalue weighted by Crippen LogP contribution is 2.12. The van der Waals surface area contributed by atoms with Crippen LogP contribution in [-0.2, 0) is 16.5 Å². The lowest BCUT2D eigenvalue weighted by atomic mass is 10.4. The quantitative estimate of drug-likeness (QED) is 0.689. The van der Waals surface area contributed by atoms with Crippen molar-refractivity contribution < 1.29 is 14.3 Å². The summed E-state index contributed by atoms with van der Waals surface area (Å²) < 4.78 is 11.4. The lowest BCUT2D eigenvalue weighted by molar-refractivity contribution is 0.0511. The molecule has 15 heavy (non-hydrogen) atoms. The van der Waals surface area contributed by atoms with Gasteiger partial charge in [-0.1, -0.05) is 0 Å². The summed E-state index contributed by atoms with van der Waals surface area (Å²) in [6, 6.07) is 0. The first kappa shape index (κ1) is 11.6. The van der Waals surface area contributed by atoms with Crippen molar-refractivity contribution in [3.63, 3.8) is 0 Å². The van der Waals surface area contributed by atoms with Gasteiger partial charge in [-0.15, -0.1) is 5.10 Å². The van der Waals surface area contributed by atoms with Gasteiger partial charge >= 0.3 is 5.97 Å². The van der Waals surface area contributed by atoms with Crippen LogP contribution in [0.2, 0.25) is 0 Å². The summed E-state index contributed by atoms with van der Waals surface area (Å²) in [5.74, 6) is 0.154. The summed E-state index contributed by atoms with van der Waals surface area (Å²) in [6.45, 7) is 3.88. The highest BCUT2D eigenvalue weighted by molar-refractivity contribution is 5.84. The molecule has 1 rings (SSSR count). The lowest BCUT2D eigenvalue weighted by Gasteiger charge is -2.06. The highest BCUT2D eigenvalue weighted by Gasteiger charge is 2.18. The first-order valence-electron chi connectivity index (χ1n) is 4.71. The fraction of sp³-hybridized carbons (Fsp3) is 0.667. The van der Waals surface area contributed by atoms with E-state index in [-0.39, 0.29) is 11.9 Å². The molecule has 1 atom stereocenters. The van der Waals surface area contributed by atoms with Crippen molar-refractivity contribution in [2.45, 2.75) is 20.0 Å². The molecule has 6 heteroatoms. The molecule has 0 aromatic carbocycles. The topological polar surface area (TPSA) is 66.2 Å². The van der Waals surface area contributed by atoms with Crippen LogP contribution in [0.3, 0.4) is 0 Å². The van der Waals surface area contributed by atoms with Gasteiger partial charge in [-0.3, -0.25) is 0 Å². The van der Waals surface area contributed by atoms with E-state index in [0.717, 1.165) is 0 Å². The number of aromatic nitrogens is 3. The average Bonchev–Trinajstić information content (AvgIpc) is 2.60. The van der Waals surface area contributed by atoms with Crippen LogP contribution >= 0.6 is 0 Å². The summed E-state index contributed by atoms with van der Waals surface area (Å²) in [5, 5.41) is 3.95. The minimum absolute atomic E-state index is 0.0678. The van der Waals surface area contributed by atoms with Crippen LogP contribution in [0.1, 0.15) is 36.4 Å². The standard InChI is InChI=1S/C9H15N3O3/c1-5-15-9(13)7-10-8(6(2)14-4)12(3)11-7/h6H,5H2,1-4H3. The summed E-state index contributed by atoms with van der Waals surface area (Å²) in [4.78, 5) is 15.4. The van der Waals surface area contributed by atoms with E-state index in [1.54, 1.807) is 21.1 Å². The van der Waals surface area contributed by atoms with Gasteiger partial charge in [0.2, 0.25) is 0 Å². The molecule has 0 aliphatic rings. The molecule has 0 fully saturated rings. The van der Waals surface area contributed by atoms with Gasteiger partial charge in [0, 0.05) is 14.2 Å². The van der Waals surface area contributed by atoms with Crippen molar-refractivity contribution in [3.05, 3.63) is 11.6 Å². The average molecular weight is 213 g/mol. The molecule has 0 amide bonds. The van der Waals surface area contributed by atoms with E-state index in [1.807, 2.05) is 6.92 Å². The molecular weight excluding hydrogens is 198 g/mol. The summed E-state index contributed by atoms with van der Waals surface area (Å²) in [5.41, 5.74) is 0. The number of carbonyl (C=O) groups excluding carboxylic acids is 1. The minimum atomic E-state index is -0.511. The van der Waals surface area contributed by atoms with E-state index in [0.29, 0.717) is 12.4 Å². The van der Waals surface area contributed by atoms with Crippen molar-refractivity contribution in [1.82, 2.24) is 14.8 Å². The Kier molecular flexibility index (Phi) is 3.79. The van der Waals surface area contributed by atoms with Crippen molar-refractivity contribution in [1.29, 1.82) is 0 Å². The predicted octanol–water partition coefficient (Wildman–Crippen LogP) is 0.699. The molecule has 0 saturated heterocycles. The Morgan fingerprint density at radius 2 is 2.27 bits per heavy atom. The third-order valence-electron chi connectivity index (χ3n) is 1.97. The molecule has 1 aromatic rings. The maximum Gasteiger partial charge on any atom is 0.378 e. The zero-order valence-corrected chi connectivity index (χ0v) is 9.35. The molecule has 1 unspecified atom stereocenters. The Hall–Kier alpha value is -1.43. The zero-order chi connectivity index (χ0) is 11.4. The third-order valence-corrected chi connectivity index (χ3v) is 1.97. The Morgan fingerprint density at radius 1 is 1.60 bits per heavy atom. The largest absolute Gasteiger partial charge is 0.460 e. The molecule has 0 bridgehead atoms. The molecule has 6 nitrogen and oxygen atoms in total. The first-order chi connectivity index (χ1) is 7.10. The normalized spacial score (nSPS) is 12.5. The van der Waals surface area contributed by atoms with Gasteiger partial charge in [0.05, 0.1) is 6.61 Å². The highest BCUT2D eigenvalue weighted by atomic mass is 16.5. The van der Waals surface area contributed by atoms with Crippen molar-refractivity contribution in [2.75, 3.05) is 13.7 Å². The fourth-order valence-electron chi connectivity index (χ4n) is 1.14. The van der Waals surface area contributed by atoms with Crippen molar-refractivity contribution in [2.24, 2.45) is 7.05 Å². The van der Waals surface area contributed by atoms with Gasteiger partial charge in [-0.05, 0) is 13.8 Å². The SMILES string of the molecule is CCOC(=O)c1nc(C(C)OC)n(C)n1. The van der Waals surface area contributed by atoms with Gasteiger partial charge in [0.15, 0.2) is 5.82 Å². The number of hydrogen-bond acceptors (Lipinski definition) is 5. The second-order valence-corrected chi connectivity index (χ2v) is 3.02. The van der Waals surface area contributed by atoms with Gasteiger partial charge in [0.1, 0.15) is 6.10 Å². The van der Waals surface area contributed by atoms with Crippen molar-refractivity contribution >= 4 is 5.97 Å². The second-order valence-electron chi connectivity index (χ2n) is 3.02. The van der Waals surface area contributed by atoms with E-state index in [2.05, 4.69) is 10.1 Å². The molecule has 0 N–H and O–H groups in total. The lowest BCUT2D eigenvalue weighted by Crippen LogP contribution is -2.07. The summed E-state index contributed by atoms with van der Waals surface area (Å²) in [7, 11) is 3.28. The molecule has 0 aliphatic carbocycles. The van der Waals surface area contributed by atoms with Gasteiger partial charge in [-0.2, -0.15) is 0 Å². The summed E-state index contributed by atoms with van der Waals surface area (Å²) >= 11 is 0. The molecule has 0 spiro atoms. The van der Waals surface area contributed by atoms with E-state index >= 15 is 0 Å². The number of rotatable bonds is 4. The van der Waals surface area contributed by atoms with Crippen LogP contribution in [0.15, 0.2) is 0 Å². The molecule has 1 heterocycles. The first-order valence-corrected chi connectivity index (χ1v) is 4.71. The maximum absolute atomic E-state index is 11.3. The van der Waals surface area contributed by atoms with Gasteiger partial charge < -0.3 is 9.47 Å². The number of carbonyl (C=O) groups is 1. The van der Waals surface area contributed by atoms with Crippen LogP contribution in [-0.4, -0.2) is 34.5 Å². The summed E-state index contributed by atoms with van der Waals surface area (Å²) in [6.07, 6.45) is -0.203. The van der Waals surface area contributed by atoms with Gasteiger partial charge in [-0.25, -0.2) is 14.5 Å². The van der Waals surface area contributed by atoms with E-state index in [4.69, 9.17) is 9.47 Å². The molecule has 0 radical (unpaired) electrons. The number of ether oxygens (including phenoxy) is 2. The van der Waals surface area contributed by atoms with E-state index in [9.17, 15) is 4.79 Å². The Balaban J connectivity index is 2.90. The van der Waals surface area contributed by atoms with E-state index < -0.39 is 5.97 Å². The Morgan fingerprint density at radius 3 is 2.80 bits per heavy atom. The van der Waals surface area contributed by atoms with Crippen LogP contribution in [0.4, 0.5) is 0 Å². The number of nitrogens with zero attached hydrogens (tertiary/aromatic N) is 3. The molecule has 0 saturated carbocycles. The second kappa shape index (κ2) is 4.88. The van der Waals surface area contributed by atoms with Crippen LogP contribution < -0.4 is 0 Å². The van der Waals surface area contributed by atoms with Crippen molar-refractivity contribution in [3.8, 4) is 0 Å². The monoisotopic (exact) mass is 213 g/mol. The Labute approximate surface area is 88.2 Å². The number of methoxy groups -OCH3 is 1. The number of aryl methyl sites for hydroxylation is 1. The molecule has 0 aliphatic heterocycles. The number of esters is 1. The zero-order valence-electron chi connectivity index (χ0n) is 9.35. The van der Waals surface area contributed by atoms with E-state index in [1.165, 1.54) is 4.68 Å².